The van der Waals surface area contributed by atoms with Crippen LogP contribution in [-0.2, 0) is 9.47 Å². The summed E-state index contributed by atoms with van der Waals surface area (Å²) in [4.78, 5) is 0. The Morgan fingerprint density at radius 1 is 0.875 bits per heavy atom. The van der Waals surface area contributed by atoms with Gasteiger partial charge >= 0.3 is 12.1 Å². The fraction of sp³-hybridized carbons (Fsp3) is 1.00. The van der Waals surface area contributed by atoms with Gasteiger partial charge in [-0.05, 0) is 0 Å². The van der Waals surface area contributed by atoms with E-state index in [1.807, 2.05) is 0 Å². The van der Waals surface area contributed by atoms with Crippen LogP contribution in [0.25, 0.3) is 0 Å². The first-order chi connectivity index (χ1) is 7.17. The fourth-order valence-electron chi connectivity index (χ4n) is 0.572. The lowest BCUT2D eigenvalue weighted by Crippen LogP contribution is -2.41. The Hall–Kier alpha value is -0.570. The van der Waals surface area contributed by atoms with Crippen molar-refractivity contribution in [1.29, 1.82) is 0 Å². The van der Waals surface area contributed by atoms with Crippen molar-refractivity contribution in [1.82, 2.24) is 0 Å². The van der Waals surface area contributed by atoms with Crippen molar-refractivity contribution in [3.05, 3.63) is 0 Å². The highest BCUT2D eigenvalue weighted by molar-refractivity contribution is 4.74. The van der Waals surface area contributed by atoms with Crippen molar-refractivity contribution < 1.29 is 40.2 Å². The zero-order valence-electron chi connectivity index (χ0n) is 7.87. The fourth-order valence-corrected chi connectivity index (χ4v) is 0.572. The van der Waals surface area contributed by atoms with Crippen LogP contribution in [0.15, 0.2) is 0 Å². The van der Waals surface area contributed by atoms with E-state index in [4.69, 9.17) is 0 Å². The summed E-state index contributed by atoms with van der Waals surface area (Å²) in [5, 5.41) is 0. The molecular weight excluding hydrogens is 249 g/mol. The average molecular weight is 258 g/mol. The zero-order chi connectivity index (χ0) is 12.8. The van der Waals surface area contributed by atoms with Crippen LogP contribution in [0, 0.1) is 0 Å². The number of rotatable bonds is 7. The second-order valence-corrected chi connectivity index (χ2v) is 2.72. The van der Waals surface area contributed by atoms with E-state index < -0.39 is 45.0 Å². The molecule has 9 heteroatoms. The Bertz CT molecular complexity index is 192. The van der Waals surface area contributed by atoms with Crippen LogP contribution in [-0.4, -0.2) is 45.0 Å². The normalized spacial score (nSPS) is 13.5. The van der Waals surface area contributed by atoms with Gasteiger partial charge in [0.2, 0.25) is 0 Å². The lowest BCUT2D eigenvalue weighted by atomic mass is 10.3. The van der Waals surface area contributed by atoms with Gasteiger partial charge in [-0.3, -0.25) is 0 Å². The molecule has 98 valence electrons. The van der Waals surface area contributed by atoms with Crippen LogP contribution in [0.5, 0.6) is 0 Å². The molecule has 0 aliphatic carbocycles. The summed E-state index contributed by atoms with van der Waals surface area (Å²) in [6, 6.07) is 0. The highest BCUT2D eigenvalue weighted by Gasteiger charge is 2.57. The molecule has 0 aliphatic rings. The van der Waals surface area contributed by atoms with Gasteiger partial charge in [0, 0.05) is 0 Å². The van der Waals surface area contributed by atoms with E-state index in [2.05, 4.69) is 9.47 Å². The Morgan fingerprint density at radius 3 is 1.81 bits per heavy atom. The maximum absolute atomic E-state index is 12.2. The van der Waals surface area contributed by atoms with Gasteiger partial charge in [-0.2, -0.15) is 22.0 Å². The van der Waals surface area contributed by atoms with E-state index in [0.29, 0.717) is 0 Å². The summed E-state index contributed by atoms with van der Waals surface area (Å²) in [6.45, 7) is -3.86. The van der Waals surface area contributed by atoms with Gasteiger partial charge in [-0.15, -0.1) is 0 Å². The van der Waals surface area contributed by atoms with E-state index in [9.17, 15) is 30.7 Å². The molecular formula is C7H9F7O2. The van der Waals surface area contributed by atoms with Gasteiger partial charge in [0.1, 0.15) is 13.2 Å². The summed E-state index contributed by atoms with van der Waals surface area (Å²) < 4.78 is 90.0. The monoisotopic (exact) mass is 258 g/mol. The van der Waals surface area contributed by atoms with Crippen LogP contribution >= 0.6 is 0 Å². The predicted molar refractivity (Wildman–Crippen MR) is 38.6 cm³/mol. The molecule has 0 amide bonds. The topological polar surface area (TPSA) is 18.5 Å². The van der Waals surface area contributed by atoms with Crippen molar-refractivity contribution in [2.45, 2.75) is 18.5 Å². The third-order valence-corrected chi connectivity index (χ3v) is 1.31. The lowest BCUT2D eigenvalue weighted by Gasteiger charge is -2.19. The number of ether oxygens (including phenoxy) is 2. The highest BCUT2D eigenvalue weighted by atomic mass is 19.4. The molecule has 0 atom stereocenters. The molecule has 0 unspecified atom stereocenters. The molecule has 0 saturated carbocycles. The largest absolute Gasteiger partial charge is 0.455 e. The Balaban J connectivity index is 3.59. The minimum Gasteiger partial charge on any atom is -0.373 e. The van der Waals surface area contributed by atoms with Gasteiger partial charge in [0.15, 0.2) is 0 Å². The molecule has 0 aromatic rings. The Kier molecular flexibility index (Phi) is 6.01. The second kappa shape index (κ2) is 6.24. The number of hydrogen-bond acceptors (Lipinski definition) is 2. The molecule has 0 rings (SSSR count). The summed E-state index contributed by atoms with van der Waals surface area (Å²) in [6.07, 6.45) is -8.41. The minimum atomic E-state index is -5.68. The van der Waals surface area contributed by atoms with E-state index >= 15 is 0 Å². The van der Waals surface area contributed by atoms with Gasteiger partial charge < -0.3 is 9.47 Å². The Labute approximate surface area is 86.3 Å². The molecule has 0 heterocycles. The Morgan fingerprint density at radius 2 is 1.38 bits per heavy atom. The van der Waals surface area contributed by atoms with Crippen molar-refractivity contribution in [2.24, 2.45) is 0 Å². The van der Waals surface area contributed by atoms with E-state index in [1.165, 1.54) is 0 Å². The highest BCUT2D eigenvalue weighted by Crippen LogP contribution is 2.35. The summed E-state index contributed by atoms with van der Waals surface area (Å²) >= 11 is 0. The molecule has 0 spiro atoms. The van der Waals surface area contributed by atoms with Crippen LogP contribution in [0.3, 0.4) is 0 Å². The SMILES string of the molecule is FC(F)COCCOCC(F)(F)C(F)(F)F. The minimum absolute atomic E-state index is 0.474. The van der Waals surface area contributed by atoms with Gasteiger partial charge in [0.05, 0.1) is 13.2 Å². The summed E-state index contributed by atoms with van der Waals surface area (Å²) in [5.74, 6) is -4.95. The summed E-state index contributed by atoms with van der Waals surface area (Å²) in [7, 11) is 0. The first-order valence-electron chi connectivity index (χ1n) is 4.05. The lowest BCUT2D eigenvalue weighted by molar-refractivity contribution is -0.297. The van der Waals surface area contributed by atoms with Crippen molar-refractivity contribution in [3.63, 3.8) is 0 Å². The molecule has 16 heavy (non-hydrogen) atoms. The predicted octanol–water partition coefficient (Wildman–Crippen LogP) is 2.48. The van der Waals surface area contributed by atoms with Crippen LogP contribution in [0.1, 0.15) is 0 Å². The number of alkyl halides is 7. The molecule has 0 radical (unpaired) electrons. The van der Waals surface area contributed by atoms with E-state index in [1.54, 1.807) is 0 Å². The molecule has 0 aromatic carbocycles. The number of halogens is 7. The summed E-state index contributed by atoms with van der Waals surface area (Å²) in [5.41, 5.74) is 0. The first kappa shape index (κ1) is 15.4. The first-order valence-corrected chi connectivity index (χ1v) is 4.05. The van der Waals surface area contributed by atoms with Crippen LogP contribution in [0.2, 0.25) is 0 Å². The molecule has 2 nitrogen and oxygen atoms in total. The maximum Gasteiger partial charge on any atom is 0.455 e. The smallest absolute Gasteiger partial charge is 0.373 e. The van der Waals surface area contributed by atoms with Crippen LogP contribution < -0.4 is 0 Å². The molecule has 0 N–H and O–H groups in total. The molecule has 0 aromatic heterocycles. The van der Waals surface area contributed by atoms with Crippen molar-refractivity contribution >= 4 is 0 Å². The standard InChI is InChI=1S/C7H9F7O2/c8-5(9)3-15-1-2-16-4-6(10,11)7(12,13)14/h5H,1-4H2. The number of hydrogen-bond donors (Lipinski definition) is 0. The van der Waals surface area contributed by atoms with Crippen molar-refractivity contribution in [2.75, 3.05) is 26.4 Å². The van der Waals surface area contributed by atoms with Gasteiger partial charge in [-0.25, -0.2) is 8.78 Å². The average Bonchev–Trinajstić information content (AvgIpc) is 2.08. The second-order valence-electron chi connectivity index (χ2n) is 2.72. The van der Waals surface area contributed by atoms with Crippen molar-refractivity contribution in [3.8, 4) is 0 Å². The van der Waals surface area contributed by atoms with Gasteiger partial charge in [-0.1, -0.05) is 0 Å². The third-order valence-electron chi connectivity index (χ3n) is 1.31. The maximum atomic E-state index is 12.2. The molecule has 0 fully saturated rings. The van der Waals surface area contributed by atoms with E-state index in [0.717, 1.165) is 0 Å². The van der Waals surface area contributed by atoms with Crippen LogP contribution in [0.4, 0.5) is 30.7 Å². The molecule has 0 saturated heterocycles. The quantitative estimate of drug-likeness (QED) is 0.516. The molecule has 0 aliphatic heterocycles. The zero-order valence-corrected chi connectivity index (χ0v) is 7.87. The van der Waals surface area contributed by atoms with Gasteiger partial charge in [0.25, 0.3) is 6.43 Å². The third kappa shape index (κ3) is 6.11. The van der Waals surface area contributed by atoms with E-state index in [-0.39, 0.29) is 0 Å². The molecule has 0 bridgehead atoms.